The summed E-state index contributed by atoms with van der Waals surface area (Å²) < 4.78 is 8.31. The monoisotopic (exact) mass is 410 g/mol. The summed E-state index contributed by atoms with van der Waals surface area (Å²) in [5, 5.41) is 5.60. The molecular formula is C20H22N6O2S. The van der Waals surface area contributed by atoms with Crippen LogP contribution in [-0.2, 0) is 4.79 Å². The molecule has 0 aliphatic carbocycles. The van der Waals surface area contributed by atoms with Gasteiger partial charge in [-0.15, -0.1) is 0 Å². The number of aromatic nitrogens is 2. The lowest BCUT2D eigenvalue weighted by Crippen LogP contribution is -2.54. The first-order chi connectivity index (χ1) is 14.1. The van der Waals surface area contributed by atoms with E-state index in [0.717, 1.165) is 41.5 Å². The van der Waals surface area contributed by atoms with Crippen molar-refractivity contribution in [2.24, 2.45) is 0 Å². The van der Waals surface area contributed by atoms with Crippen molar-refractivity contribution < 1.29 is 9.59 Å². The van der Waals surface area contributed by atoms with Gasteiger partial charge in [0.1, 0.15) is 17.1 Å². The average Bonchev–Trinajstić information content (AvgIpc) is 3.22. The highest BCUT2D eigenvalue weighted by Crippen LogP contribution is 2.18. The minimum Gasteiger partial charge on any atom is -0.368 e. The fourth-order valence-corrected chi connectivity index (χ4v) is 3.78. The van der Waals surface area contributed by atoms with Gasteiger partial charge in [0.2, 0.25) is 5.91 Å². The molecular weight excluding hydrogens is 388 g/mol. The van der Waals surface area contributed by atoms with E-state index in [1.165, 1.54) is 0 Å². The number of fused-ring (bicyclic) bond motifs is 1. The maximum Gasteiger partial charge on any atom is 0.318 e. The second-order valence-corrected chi connectivity index (χ2v) is 7.47. The van der Waals surface area contributed by atoms with Gasteiger partial charge in [0.25, 0.3) is 0 Å². The number of nitrogens with one attached hydrogen (secondary N) is 2. The summed E-state index contributed by atoms with van der Waals surface area (Å²) in [5.41, 5.74) is 3.32. The van der Waals surface area contributed by atoms with Crippen LogP contribution in [0.15, 0.2) is 48.5 Å². The minimum atomic E-state index is -0.654. The number of carbonyl (C=O) groups is 2. The number of hydrogen-bond acceptors (Lipinski definition) is 6. The third-order valence-electron chi connectivity index (χ3n) is 4.94. The standard InChI is InChI=1S/C20H22N6O2S/c1-14(19(27)22-15-7-8-17-18(13-15)24-29-23-17)21-20(28)26-11-9-25(10-12-26)16-5-3-2-4-6-16/h2-8,13-14H,9-12H2,1H3,(H,21,28)(H,22,27). The van der Waals surface area contributed by atoms with Crippen LogP contribution in [0.4, 0.5) is 16.2 Å². The summed E-state index contributed by atoms with van der Waals surface area (Å²) in [5.74, 6) is -0.274. The van der Waals surface area contributed by atoms with Crippen molar-refractivity contribution in [2.45, 2.75) is 13.0 Å². The molecule has 1 saturated heterocycles. The van der Waals surface area contributed by atoms with Crippen LogP contribution in [0.25, 0.3) is 11.0 Å². The Morgan fingerprint density at radius 1 is 1.00 bits per heavy atom. The highest BCUT2D eigenvalue weighted by Gasteiger charge is 2.24. The molecule has 0 radical (unpaired) electrons. The number of rotatable bonds is 4. The third-order valence-corrected chi connectivity index (χ3v) is 5.50. The predicted octanol–water partition coefficient (Wildman–Crippen LogP) is 2.55. The molecule has 29 heavy (non-hydrogen) atoms. The zero-order valence-electron chi connectivity index (χ0n) is 16.0. The van der Waals surface area contributed by atoms with Gasteiger partial charge in [0.15, 0.2) is 0 Å². The molecule has 0 saturated carbocycles. The Balaban J connectivity index is 1.28. The van der Waals surface area contributed by atoms with E-state index in [9.17, 15) is 9.59 Å². The van der Waals surface area contributed by atoms with Gasteiger partial charge in [-0.1, -0.05) is 18.2 Å². The molecule has 150 valence electrons. The molecule has 2 N–H and O–H groups in total. The molecule has 0 bridgehead atoms. The lowest BCUT2D eigenvalue weighted by Gasteiger charge is -2.36. The number of anilines is 2. The Morgan fingerprint density at radius 3 is 2.48 bits per heavy atom. The SMILES string of the molecule is CC(NC(=O)N1CCN(c2ccccc2)CC1)C(=O)Nc1ccc2nsnc2c1. The van der Waals surface area contributed by atoms with Crippen LogP contribution in [-0.4, -0.2) is 57.8 Å². The first-order valence-electron chi connectivity index (χ1n) is 9.49. The number of carbonyl (C=O) groups excluding carboxylic acids is 2. The summed E-state index contributed by atoms with van der Waals surface area (Å²) in [6, 6.07) is 14.6. The van der Waals surface area contributed by atoms with Gasteiger partial charge in [0.05, 0.1) is 11.7 Å². The molecule has 4 rings (SSSR count). The van der Waals surface area contributed by atoms with Crippen molar-refractivity contribution in [3.63, 3.8) is 0 Å². The van der Waals surface area contributed by atoms with Crippen molar-refractivity contribution in [3.05, 3.63) is 48.5 Å². The van der Waals surface area contributed by atoms with Crippen LogP contribution in [0.3, 0.4) is 0 Å². The van der Waals surface area contributed by atoms with E-state index in [0.29, 0.717) is 18.8 Å². The van der Waals surface area contributed by atoms with Gasteiger partial charge in [0, 0.05) is 37.6 Å². The van der Waals surface area contributed by atoms with Gasteiger partial charge >= 0.3 is 6.03 Å². The molecule has 3 aromatic rings. The Bertz CT molecular complexity index is 1000. The van der Waals surface area contributed by atoms with E-state index in [4.69, 9.17) is 0 Å². The fraction of sp³-hybridized carbons (Fsp3) is 0.300. The van der Waals surface area contributed by atoms with Gasteiger partial charge < -0.3 is 20.4 Å². The highest BCUT2D eigenvalue weighted by atomic mass is 32.1. The van der Waals surface area contributed by atoms with Crippen LogP contribution in [0.5, 0.6) is 0 Å². The quantitative estimate of drug-likeness (QED) is 0.690. The largest absolute Gasteiger partial charge is 0.368 e. The summed E-state index contributed by atoms with van der Waals surface area (Å²) in [4.78, 5) is 29.0. The van der Waals surface area contributed by atoms with Crippen LogP contribution < -0.4 is 15.5 Å². The maximum atomic E-state index is 12.5. The van der Waals surface area contributed by atoms with Crippen molar-refractivity contribution in [1.29, 1.82) is 0 Å². The smallest absolute Gasteiger partial charge is 0.318 e. The second-order valence-electron chi connectivity index (χ2n) is 6.94. The van der Waals surface area contributed by atoms with E-state index in [-0.39, 0.29) is 11.9 Å². The molecule has 0 spiro atoms. The minimum absolute atomic E-state index is 0.223. The zero-order valence-corrected chi connectivity index (χ0v) is 16.9. The molecule has 1 aliphatic rings. The van der Waals surface area contributed by atoms with Gasteiger partial charge in [-0.2, -0.15) is 8.75 Å². The molecule has 1 aliphatic heterocycles. The molecule has 1 atom stereocenters. The van der Waals surface area contributed by atoms with Crippen molar-refractivity contribution >= 4 is 46.1 Å². The predicted molar refractivity (Wildman–Crippen MR) is 114 cm³/mol. The molecule has 1 aromatic heterocycles. The third kappa shape index (κ3) is 4.45. The summed E-state index contributed by atoms with van der Waals surface area (Å²) in [6.45, 7) is 4.43. The van der Waals surface area contributed by atoms with E-state index >= 15 is 0 Å². The Morgan fingerprint density at radius 2 is 1.72 bits per heavy atom. The van der Waals surface area contributed by atoms with E-state index in [1.54, 1.807) is 24.0 Å². The normalized spacial score (nSPS) is 15.2. The van der Waals surface area contributed by atoms with Crippen LogP contribution in [0.2, 0.25) is 0 Å². The van der Waals surface area contributed by atoms with Crippen molar-refractivity contribution in [2.75, 3.05) is 36.4 Å². The number of nitrogens with zero attached hydrogens (tertiary/aromatic N) is 4. The number of hydrogen-bond donors (Lipinski definition) is 2. The average molecular weight is 411 g/mol. The van der Waals surface area contributed by atoms with Crippen molar-refractivity contribution in [3.8, 4) is 0 Å². The molecule has 3 amide bonds. The van der Waals surface area contributed by atoms with Crippen molar-refractivity contribution in [1.82, 2.24) is 19.0 Å². The second kappa shape index (κ2) is 8.44. The Labute approximate surface area is 172 Å². The molecule has 2 heterocycles. The summed E-state index contributed by atoms with van der Waals surface area (Å²) in [7, 11) is 0. The maximum absolute atomic E-state index is 12.5. The number of piperazine rings is 1. The van der Waals surface area contributed by atoms with E-state index in [2.05, 4.69) is 36.4 Å². The molecule has 1 unspecified atom stereocenters. The van der Waals surface area contributed by atoms with Gasteiger partial charge in [-0.3, -0.25) is 4.79 Å². The number of para-hydroxylation sites is 1. The molecule has 2 aromatic carbocycles. The topological polar surface area (TPSA) is 90.5 Å². The number of benzene rings is 2. The van der Waals surface area contributed by atoms with Gasteiger partial charge in [-0.05, 0) is 37.3 Å². The lowest BCUT2D eigenvalue weighted by molar-refractivity contribution is -0.117. The van der Waals surface area contributed by atoms with Crippen LogP contribution in [0, 0.1) is 0 Å². The first kappa shape index (κ1) is 19.1. The van der Waals surface area contributed by atoms with E-state index in [1.807, 2.05) is 24.3 Å². The van der Waals surface area contributed by atoms with Gasteiger partial charge in [-0.25, -0.2) is 4.79 Å². The molecule has 1 fully saturated rings. The fourth-order valence-electron chi connectivity index (χ4n) is 3.26. The molecule has 9 heteroatoms. The summed E-state index contributed by atoms with van der Waals surface area (Å²) in [6.07, 6.45) is 0. The van der Waals surface area contributed by atoms with E-state index < -0.39 is 6.04 Å². The Hall–Kier alpha value is -3.20. The van der Waals surface area contributed by atoms with Crippen LogP contribution in [0.1, 0.15) is 6.92 Å². The van der Waals surface area contributed by atoms with Crippen LogP contribution >= 0.6 is 11.7 Å². The first-order valence-corrected chi connectivity index (χ1v) is 10.2. The number of amides is 3. The zero-order chi connectivity index (χ0) is 20.2. The molecule has 8 nitrogen and oxygen atoms in total. The highest BCUT2D eigenvalue weighted by molar-refractivity contribution is 7.00. The summed E-state index contributed by atoms with van der Waals surface area (Å²) >= 11 is 1.13. The Kier molecular flexibility index (Phi) is 5.57. The lowest BCUT2D eigenvalue weighted by atomic mass is 10.2. The number of urea groups is 1.